The summed E-state index contributed by atoms with van der Waals surface area (Å²) in [5, 5.41) is 14.1. The Morgan fingerprint density at radius 1 is 1.42 bits per heavy atom. The van der Waals surface area contributed by atoms with Crippen molar-refractivity contribution in [3.63, 3.8) is 0 Å². The van der Waals surface area contributed by atoms with Gasteiger partial charge in [-0.1, -0.05) is 13.8 Å². The number of benzene rings is 1. The van der Waals surface area contributed by atoms with Gasteiger partial charge in [-0.25, -0.2) is 0 Å². The lowest BCUT2D eigenvalue weighted by molar-refractivity contribution is -0.385. The van der Waals surface area contributed by atoms with Crippen molar-refractivity contribution in [3.8, 4) is 11.5 Å². The van der Waals surface area contributed by atoms with Gasteiger partial charge in [0.1, 0.15) is 5.75 Å². The smallest absolute Gasteiger partial charge is 0.311 e. The minimum Gasteiger partial charge on any atom is -0.497 e. The predicted molar refractivity (Wildman–Crippen MR) is 72.9 cm³/mol. The number of rotatable bonds is 8. The Labute approximate surface area is 112 Å². The lowest BCUT2D eigenvalue weighted by Crippen LogP contribution is -2.24. The molecule has 0 bridgehead atoms. The van der Waals surface area contributed by atoms with Crippen LogP contribution in [0, 0.1) is 10.1 Å². The molecule has 0 saturated heterocycles. The summed E-state index contributed by atoms with van der Waals surface area (Å²) >= 11 is 0. The Balaban J connectivity index is 2.57. The van der Waals surface area contributed by atoms with Gasteiger partial charge in [0.15, 0.2) is 0 Å². The van der Waals surface area contributed by atoms with E-state index in [9.17, 15) is 10.1 Å². The first-order chi connectivity index (χ1) is 9.04. The van der Waals surface area contributed by atoms with E-state index in [0.717, 1.165) is 13.0 Å². The molecule has 1 rings (SSSR count). The van der Waals surface area contributed by atoms with E-state index in [1.54, 1.807) is 6.07 Å². The van der Waals surface area contributed by atoms with Crippen molar-refractivity contribution in [2.45, 2.75) is 26.3 Å². The fraction of sp³-hybridized carbons (Fsp3) is 0.538. The van der Waals surface area contributed by atoms with Crippen LogP contribution in [0.3, 0.4) is 0 Å². The molecule has 0 fully saturated rings. The first-order valence-electron chi connectivity index (χ1n) is 6.23. The molecular weight excluding hydrogens is 248 g/mol. The van der Waals surface area contributed by atoms with Crippen LogP contribution in [-0.2, 0) is 0 Å². The quantitative estimate of drug-likeness (QED) is 0.445. The van der Waals surface area contributed by atoms with Crippen LogP contribution >= 0.6 is 0 Å². The number of hydrogen-bond donors (Lipinski definition) is 1. The van der Waals surface area contributed by atoms with Crippen LogP contribution in [0.4, 0.5) is 5.69 Å². The number of nitro benzene ring substituents is 1. The molecule has 0 atom stereocenters. The SMILES string of the molecule is COc1ccc([N+](=O)[O-])c(OCCCNC(C)C)c1. The normalized spacial score (nSPS) is 10.5. The molecule has 0 spiro atoms. The van der Waals surface area contributed by atoms with Gasteiger partial charge < -0.3 is 14.8 Å². The van der Waals surface area contributed by atoms with Crippen molar-refractivity contribution in [2.75, 3.05) is 20.3 Å². The van der Waals surface area contributed by atoms with Gasteiger partial charge in [0.05, 0.1) is 18.6 Å². The minimum absolute atomic E-state index is 0.0439. The maximum Gasteiger partial charge on any atom is 0.311 e. The van der Waals surface area contributed by atoms with Crippen LogP contribution in [0.15, 0.2) is 18.2 Å². The van der Waals surface area contributed by atoms with E-state index in [1.807, 2.05) is 0 Å². The second-order valence-corrected chi connectivity index (χ2v) is 4.40. The lowest BCUT2D eigenvalue weighted by atomic mass is 10.3. The molecule has 1 aromatic carbocycles. The molecule has 0 aliphatic heterocycles. The summed E-state index contributed by atoms with van der Waals surface area (Å²) in [6, 6.07) is 4.89. The van der Waals surface area contributed by atoms with E-state index < -0.39 is 4.92 Å². The molecule has 6 heteroatoms. The maximum absolute atomic E-state index is 10.9. The number of ether oxygens (including phenoxy) is 2. The Morgan fingerprint density at radius 2 is 2.16 bits per heavy atom. The molecule has 1 aromatic rings. The van der Waals surface area contributed by atoms with Crippen LogP contribution in [0.5, 0.6) is 11.5 Å². The molecule has 1 N–H and O–H groups in total. The zero-order chi connectivity index (χ0) is 14.3. The number of nitrogens with zero attached hydrogens (tertiary/aromatic N) is 1. The van der Waals surface area contributed by atoms with Gasteiger partial charge in [0.2, 0.25) is 5.75 Å². The van der Waals surface area contributed by atoms with Crippen LogP contribution in [0.1, 0.15) is 20.3 Å². The summed E-state index contributed by atoms with van der Waals surface area (Å²) < 4.78 is 10.5. The van der Waals surface area contributed by atoms with E-state index in [4.69, 9.17) is 9.47 Å². The maximum atomic E-state index is 10.9. The number of hydrogen-bond acceptors (Lipinski definition) is 5. The Bertz CT molecular complexity index is 421. The molecule has 0 unspecified atom stereocenters. The highest BCUT2D eigenvalue weighted by Gasteiger charge is 2.15. The molecular formula is C13H20N2O4. The first-order valence-corrected chi connectivity index (χ1v) is 6.23. The number of methoxy groups -OCH3 is 1. The second-order valence-electron chi connectivity index (χ2n) is 4.40. The third kappa shape index (κ3) is 5.13. The van der Waals surface area contributed by atoms with E-state index in [-0.39, 0.29) is 11.4 Å². The van der Waals surface area contributed by atoms with Gasteiger partial charge >= 0.3 is 5.69 Å². The lowest BCUT2D eigenvalue weighted by Gasteiger charge is -2.10. The highest BCUT2D eigenvalue weighted by molar-refractivity contribution is 5.50. The van der Waals surface area contributed by atoms with Crippen molar-refractivity contribution in [1.82, 2.24) is 5.32 Å². The van der Waals surface area contributed by atoms with Crippen LogP contribution in [0.25, 0.3) is 0 Å². The third-order valence-corrected chi connectivity index (χ3v) is 2.49. The predicted octanol–water partition coefficient (Wildman–Crippen LogP) is 2.37. The minimum atomic E-state index is -0.457. The van der Waals surface area contributed by atoms with E-state index in [1.165, 1.54) is 19.2 Å². The third-order valence-electron chi connectivity index (χ3n) is 2.49. The van der Waals surface area contributed by atoms with Crippen molar-refractivity contribution in [1.29, 1.82) is 0 Å². The largest absolute Gasteiger partial charge is 0.497 e. The van der Waals surface area contributed by atoms with Gasteiger partial charge in [-0.3, -0.25) is 10.1 Å². The molecule has 106 valence electrons. The standard InChI is InChI=1S/C13H20N2O4/c1-10(2)14-7-4-8-19-13-9-11(18-3)5-6-12(13)15(16)17/h5-6,9-10,14H,4,7-8H2,1-3H3. The van der Waals surface area contributed by atoms with Gasteiger partial charge in [-0.15, -0.1) is 0 Å². The van der Waals surface area contributed by atoms with Crippen molar-refractivity contribution >= 4 is 5.69 Å². The molecule has 0 aliphatic carbocycles. The fourth-order valence-corrected chi connectivity index (χ4v) is 1.53. The van der Waals surface area contributed by atoms with E-state index in [0.29, 0.717) is 18.4 Å². The van der Waals surface area contributed by atoms with Crippen LogP contribution < -0.4 is 14.8 Å². The summed E-state index contributed by atoms with van der Waals surface area (Å²) in [6.07, 6.45) is 0.784. The number of nitrogens with one attached hydrogen (secondary N) is 1. The highest BCUT2D eigenvalue weighted by Crippen LogP contribution is 2.30. The summed E-state index contributed by atoms with van der Waals surface area (Å²) in [6.45, 7) is 5.37. The fourth-order valence-electron chi connectivity index (χ4n) is 1.53. The van der Waals surface area contributed by atoms with Crippen molar-refractivity contribution < 1.29 is 14.4 Å². The average molecular weight is 268 g/mol. The summed E-state index contributed by atoms with van der Waals surface area (Å²) in [5.74, 6) is 0.787. The van der Waals surface area contributed by atoms with Crippen molar-refractivity contribution in [3.05, 3.63) is 28.3 Å². The second kappa shape index (κ2) is 7.58. The van der Waals surface area contributed by atoms with E-state index in [2.05, 4.69) is 19.2 Å². The zero-order valence-electron chi connectivity index (χ0n) is 11.5. The van der Waals surface area contributed by atoms with Gasteiger partial charge in [0.25, 0.3) is 0 Å². The molecule has 0 radical (unpaired) electrons. The highest BCUT2D eigenvalue weighted by atomic mass is 16.6. The van der Waals surface area contributed by atoms with E-state index >= 15 is 0 Å². The molecule has 0 aliphatic rings. The Morgan fingerprint density at radius 3 is 2.74 bits per heavy atom. The molecule has 0 aromatic heterocycles. The molecule has 0 amide bonds. The number of nitro groups is 1. The van der Waals surface area contributed by atoms with Gasteiger partial charge in [0, 0.05) is 18.2 Å². The van der Waals surface area contributed by atoms with Gasteiger partial charge in [-0.2, -0.15) is 0 Å². The Hall–Kier alpha value is -1.82. The summed E-state index contributed by atoms with van der Waals surface area (Å²) in [4.78, 5) is 10.4. The summed E-state index contributed by atoms with van der Waals surface area (Å²) in [5.41, 5.74) is -0.0439. The zero-order valence-corrected chi connectivity index (χ0v) is 11.5. The monoisotopic (exact) mass is 268 g/mol. The molecule has 0 heterocycles. The first kappa shape index (κ1) is 15.2. The van der Waals surface area contributed by atoms with Crippen LogP contribution in [-0.4, -0.2) is 31.2 Å². The topological polar surface area (TPSA) is 73.6 Å². The van der Waals surface area contributed by atoms with Crippen molar-refractivity contribution in [2.24, 2.45) is 0 Å². The van der Waals surface area contributed by atoms with Gasteiger partial charge in [-0.05, 0) is 19.0 Å². The summed E-state index contributed by atoms with van der Waals surface area (Å²) in [7, 11) is 1.51. The average Bonchev–Trinajstić information content (AvgIpc) is 2.37. The molecule has 19 heavy (non-hydrogen) atoms. The van der Waals surface area contributed by atoms with Crippen LogP contribution in [0.2, 0.25) is 0 Å². The Kier molecular flexibility index (Phi) is 6.08. The molecule has 0 saturated carbocycles. The molecule has 6 nitrogen and oxygen atoms in total.